The van der Waals surface area contributed by atoms with Gasteiger partial charge < -0.3 is 38.2 Å². The topological polar surface area (TPSA) is 77.8 Å². The average molecular weight is 374 g/mol. The van der Waals surface area contributed by atoms with Crippen molar-refractivity contribution < 1.29 is 65.1 Å². The smallest absolute Gasteiger partial charge is 1.00 e. The van der Waals surface area contributed by atoms with Crippen molar-refractivity contribution in [3.63, 3.8) is 0 Å². The molecular weight excluding hydrogens is 371 g/mol. The van der Waals surface area contributed by atoms with Crippen LogP contribution in [0.1, 0.15) is 0 Å². The van der Waals surface area contributed by atoms with Gasteiger partial charge in [0.15, 0.2) is 0 Å². The van der Waals surface area contributed by atoms with Crippen molar-refractivity contribution in [2.24, 2.45) is 0 Å². The van der Waals surface area contributed by atoms with Crippen molar-refractivity contribution in [1.82, 2.24) is 0 Å². The van der Waals surface area contributed by atoms with Crippen molar-refractivity contribution in [2.45, 2.75) is 0 Å². The van der Waals surface area contributed by atoms with Crippen LogP contribution in [-0.2, 0) is 26.9 Å². The fraction of sp³-hybridized carbons (Fsp3) is 0. The van der Waals surface area contributed by atoms with Crippen LogP contribution in [0.15, 0.2) is 0 Å². The maximum Gasteiger partial charge on any atom is 5.00 e. The quantitative estimate of drug-likeness (QED) is 0.291. The molecule has 0 spiro atoms. The predicted molar refractivity (Wildman–Crippen MR) is 14.3 cm³/mol. The van der Waals surface area contributed by atoms with Gasteiger partial charge in [-0.3, -0.25) is 0 Å². The first kappa shape index (κ1) is 62.6. The van der Waals surface area contributed by atoms with Crippen LogP contribution in [0.25, 0.3) is 0 Å². The number of rotatable bonds is 0. The summed E-state index contributed by atoms with van der Waals surface area (Å²) in [5, 5.41) is 0. The first-order chi connectivity index (χ1) is 2.00. The van der Waals surface area contributed by atoms with Gasteiger partial charge in [-0.2, -0.15) is 0 Å². The summed E-state index contributed by atoms with van der Waals surface area (Å²) < 4.78 is 8.88. The van der Waals surface area contributed by atoms with Gasteiger partial charge in [0.05, 0.1) is 0 Å². The van der Waals surface area contributed by atoms with Crippen LogP contribution in [0.3, 0.4) is 0 Å². The van der Waals surface area contributed by atoms with E-state index in [4.69, 9.17) is 19.2 Å². The summed E-state index contributed by atoms with van der Waals surface area (Å²) in [5.41, 5.74) is 0. The van der Waals surface area contributed by atoms with E-state index in [0.29, 0.717) is 0 Å². The molecule has 0 atom stereocenters. The third-order valence-electron chi connectivity index (χ3n) is 0. The van der Waals surface area contributed by atoms with Crippen LogP contribution in [0, 0.1) is 0 Å². The Morgan fingerprint density at radius 2 is 0.727 bits per heavy atom. The third kappa shape index (κ3) is 3030. The van der Waals surface area contributed by atoms with E-state index in [0.717, 1.165) is 0 Å². The standard InChI is InChI=1S/5FH.H3O4P.Ta/c;;;;;1-5(2,3)4;/h5*1H;(H3,1,2,3,4);/q;;;;;;+5/p-5. The Kier molecular flexibility index (Phi) is 128. The summed E-state index contributed by atoms with van der Waals surface area (Å²) in [6, 6.07) is 0. The van der Waals surface area contributed by atoms with Gasteiger partial charge in [-0.1, -0.05) is 0 Å². The predicted octanol–water partition coefficient (Wildman–Crippen LogP) is -15.9. The summed E-state index contributed by atoms with van der Waals surface area (Å²) in [4.78, 5) is 21.6. The molecule has 0 radical (unpaired) electrons. The van der Waals surface area contributed by atoms with E-state index in [-0.39, 0.29) is 45.9 Å². The van der Waals surface area contributed by atoms with E-state index in [1.807, 2.05) is 0 Å². The minimum Gasteiger partial charge on any atom is -1.00 e. The number of hydrogen-bond donors (Lipinski definition) is 3. The van der Waals surface area contributed by atoms with Gasteiger partial charge in [-0.25, -0.2) is 4.57 Å². The van der Waals surface area contributed by atoms with E-state index in [1.165, 1.54) is 0 Å². The molecule has 0 aliphatic rings. The molecule has 4 nitrogen and oxygen atoms in total. The van der Waals surface area contributed by atoms with Crippen LogP contribution in [0.5, 0.6) is 0 Å². The zero-order chi connectivity index (χ0) is 4.50. The van der Waals surface area contributed by atoms with Gasteiger partial charge in [0.2, 0.25) is 0 Å². The Balaban J connectivity index is -0.00000000533. The molecule has 0 fully saturated rings. The van der Waals surface area contributed by atoms with Crippen LogP contribution < -0.4 is 23.5 Å². The van der Waals surface area contributed by atoms with Gasteiger partial charge >= 0.3 is 30.2 Å². The van der Waals surface area contributed by atoms with Crippen molar-refractivity contribution in [3.8, 4) is 0 Å². The Morgan fingerprint density at radius 3 is 0.727 bits per heavy atom. The Hall–Kier alpha value is 0.500. The minimum atomic E-state index is -4.64. The normalized spacial score (nSPS) is 5.36. The largest absolute Gasteiger partial charge is 5.00 e. The van der Waals surface area contributed by atoms with Crippen LogP contribution in [-0.4, -0.2) is 14.7 Å². The van der Waals surface area contributed by atoms with Gasteiger partial charge in [0, 0.05) is 0 Å². The van der Waals surface area contributed by atoms with Crippen LogP contribution in [0.4, 0.5) is 0 Å². The van der Waals surface area contributed by atoms with Gasteiger partial charge in [0.1, 0.15) is 0 Å². The summed E-state index contributed by atoms with van der Waals surface area (Å²) in [6.07, 6.45) is 0. The summed E-state index contributed by atoms with van der Waals surface area (Å²) in [6.45, 7) is 0. The second kappa shape index (κ2) is 22.4. The maximum absolute atomic E-state index is 8.88. The molecule has 0 aliphatic heterocycles. The zero-order valence-electron chi connectivity index (χ0n) is 4.53. The molecule has 0 saturated carbocycles. The third-order valence-corrected chi connectivity index (χ3v) is 0. The molecule has 0 heterocycles. The molecule has 0 unspecified atom stereocenters. The van der Waals surface area contributed by atoms with E-state index >= 15 is 0 Å². The van der Waals surface area contributed by atoms with Crippen LogP contribution >= 0.6 is 7.82 Å². The van der Waals surface area contributed by atoms with Crippen molar-refractivity contribution in [2.75, 3.05) is 0 Å². The molecule has 0 aliphatic carbocycles. The van der Waals surface area contributed by atoms with Gasteiger partial charge in [-0.15, -0.1) is 0 Å². The Bertz CT molecular complexity index is 64.6. The molecule has 0 saturated heterocycles. The van der Waals surface area contributed by atoms with Crippen molar-refractivity contribution >= 4 is 7.82 Å². The van der Waals surface area contributed by atoms with Crippen LogP contribution in [0.2, 0.25) is 0 Å². The average Bonchev–Trinajstić information content (AvgIpc) is 0.722. The molecule has 0 aromatic heterocycles. The fourth-order valence-electron chi connectivity index (χ4n) is 0. The Morgan fingerprint density at radius 1 is 0.727 bits per heavy atom. The summed E-state index contributed by atoms with van der Waals surface area (Å²) >= 11 is 0. The molecule has 11 heavy (non-hydrogen) atoms. The van der Waals surface area contributed by atoms with Crippen molar-refractivity contribution in [1.29, 1.82) is 0 Å². The number of halogens is 5. The second-order valence-electron chi connectivity index (χ2n) is 0.513. The summed E-state index contributed by atoms with van der Waals surface area (Å²) in [7, 11) is -4.64. The van der Waals surface area contributed by atoms with Crippen molar-refractivity contribution in [3.05, 3.63) is 0 Å². The SMILES string of the molecule is O=P(O)(O)O.[F-].[F-].[F-].[F-].[F-].[Ta+5]. The maximum atomic E-state index is 8.88. The molecule has 0 aromatic carbocycles. The zero-order valence-corrected chi connectivity index (χ0v) is 8.64. The Labute approximate surface area is 73.6 Å². The first-order valence-electron chi connectivity index (χ1n) is 0.783. The first-order valence-corrected chi connectivity index (χ1v) is 2.35. The molecule has 0 rings (SSSR count). The monoisotopic (exact) mass is 374 g/mol. The summed E-state index contributed by atoms with van der Waals surface area (Å²) in [5.74, 6) is 0. The molecule has 3 N–H and O–H groups in total. The molecular formula is H3F5O4PTa. The molecule has 0 aromatic rings. The minimum absolute atomic E-state index is 0. The second-order valence-corrected chi connectivity index (χ2v) is 1.54. The van der Waals surface area contributed by atoms with Gasteiger partial charge in [0.25, 0.3) is 0 Å². The molecule has 72 valence electrons. The fourth-order valence-corrected chi connectivity index (χ4v) is 0. The molecule has 0 bridgehead atoms. The number of hydrogen-bond acceptors (Lipinski definition) is 1. The van der Waals surface area contributed by atoms with E-state index in [1.54, 1.807) is 0 Å². The van der Waals surface area contributed by atoms with E-state index < -0.39 is 7.82 Å². The molecule has 0 amide bonds. The van der Waals surface area contributed by atoms with Gasteiger partial charge in [-0.05, 0) is 0 Å². The molecule has 11 heteroatoms. The van der Waals surface area contributed by atoms with E-state index in [9.17, 15) is 0 Å². The number of phosphoric acid groups is 1. The van der Waals surface area contributed by atoms with E-state index in [2.05, 4.69) is 0 Å².